The molecule has 0 radical (unpaired) electrons. The van der Waals surface area contributed by atoms with Gasteiger partial charge in [0.25, 0.3) is 9.70 Å². The van der Waals surface area contributed by atoms with Crippen molar-refractivity contribution in [2.45, 2.75) is 15.1 Å². The number of benzene rings is 2. The Morgan fingerprint density at radius 3 is 2.53 bits per heavy atom. The van der Waals surface area contributed by atoms with E-state index >= 15 is 0 Å². The molecule has 1 fully saturated rings. The van der Waals surface area contributed by atoms with Crippen LogP contribution in [0.5, 0.6) is 5.75 Å². The molecule has 2 heterocycles. The van der Waals surface area contributed by atoms with Crippen LogP contribution in [0.1, 0.15) is 5.56 Å². The number of piperazine rings is 1. The van der Waals surface area contributed by atoms with Crippen molar-refractivity contribution >= 4 is 67.3 Å². The van der Waals surface area contributed by atoms with E-state index < -0.39 is 19.7 Å². The van der Waals surface area contributed by atoms with Crippen molar-refractivity contribution in [2.75, 3.05) is 44.7 Å². The molecule has 0 saturated carbocycles. The van der Waals surface area contributed by atoms with E-state index in [0.29, 0.717) is 49.6 Å². The lowest BCUT2D eigenvalue weighted by Gasteiger charge is -2.37. The first kappa shape index (κ1) is 26.8. The minimum atomic E-state index is -3.82. The molecule has 36 heavy (non-hydrogen) atoms. The van der Waals surface area contributed by atoms with Crippen LogP contribution in [0.4, 0.5) is 10.1 Å². The van der Waals surface area contributed by atoms with Crippen molar-refractivity contribution in [1.29, 1.82) is 0 Å². The van der Waals surface area contributed by atoms with Gasteiger partial charge in [0.05, 0.1) is 17.7 Å². The molecule has 8 nitrogen and oxygen atoms in total. The van der Waals surface area contributed by atoms with E-state index in [0.717, 1.165) is 10.9 Å². The zero-order valence-corrected chi connectivity index (χ0v) is 22.3. The van der Waals surface area contributed by atoms with Crippen molar-refractivity contribution in [3.05, 3.63) is 54.0 Å². The quantitative estimate of drug-likeness (QED) is 0.416. The summed E-state index contributed by atoms with van der Waals surface area (Å²) in [4.78, 5) is 18.7. The Labute approximate surface area is 223 Å². The molecule has 0 spiro atoms. The fourth-order valence-corrected chi connectivity index (χ4v) is 5.59. The Balaban J connectivity index is 1.45. The van der Waals surface area contributed by atoms with Crippen LogP contribution < -0.4 is 14.4 Å². The molecule has 1 saturated heterocycles. The number of halogens is 4. The first-order valence-corrected chi connectivity index (χ1v) is 13.7. The van der Waals surface area contributed by atoms with Crippen LogP contribution in [-0.2, 0) is 21.2 Å². The monoisotopic (exact) mass is 576 g/mol. The minimum Gasteiger partial charge on any atom is -0.495 e. The smallest absolute Gasteiger partial charge is 0.274 e. The lowest BCUT2D eigenvalue weighted by molar-refractivity contribution is -0.130. The van der Waals surface area contributed by atoms with Crippen molar-refractivity contribution < 1.29 is 22.3 Å². The summed E-state index contributed by atoms with van der Waals surface area (Å²) in [6.07, 6.45) is 2.17. The molecule has 1 aliphatic rings. The number of methoxy groups -OCH3 is 1. The fourth-order valence-electron chi connectivity index (χ4n) is 4.18. The molecule has 0 aliphatic carbocycles. The third-order valence-corrected chi connectivity index (χ3v) is 7.97. The Hall–Kier alpha value is -2.24. The van der Waals surface area contributed by atoms with Crippen LogP contribution in [-0.4, -0.2) is 67.8 Å². The Morgan fingerprint density at radius 2 is 1.86 bits per heavy atom. The summed E-state index contributed by atoms with van der Waals surface area (Å²) in [5.41, 5.74) is 2.12. The van der Waals surface area contributed by atoms with Gasteiger partial charge in [-0.15, -0.1) is 0 Å². The molecule has 2 aromatic carbocycles. The zero-order chi connectivity index (χ0) is 26.1. The number of ether oxygens (including phenoxy) is 1. The van der Waals surface area contributed by atoms with E-state index in [4.69, 9.17) is 39.5 Å². The minimum absolute atomic E-state index is 0.0825. The summed E-state index contributed by atoms with van der Waals surface area (Å²) in [6.45, 7) is 1.58. The van der Waals surface area contributed by atoms with Crippen LogP contribution >= 0.6 is 34.8 Å². The summed E-state index contributed by atoms with van der Waals surface area (Å²) in [5, 5.41) is 0.842. The Bertz CT molecular complexity index is 1370. The number of hydrogen-bond donors (Lipinski definition) is 2. The predicted octanol–water partition coefficient (Wildman–Crippen LogP) is 3.86. The van der Waals surface area contributed by atoms with Crippen LogP contribution in [0.3, 0.4) is 0 Å². The highest BCUT2D eigenvalue weighted by Crippen LogP contribution is 2.33. The van der Waals surface area contributed by atoms with Crippen LogP contribution in [0.2, 0.25) is 0 Å². The number of H-pyrrole nitrogens is 1. The van der Waals surface area contributed by atoms with Gasteiger partial charge in [-0.2, -0.15) is 0 Å². The third-order valence-electron chi connectivity index (χ3n) is 6.03. The number of alkyl halides is 3. The van der Waals surface area contributed by atoms with Crippen molar-refractivity contribution in [3.63, 3.8) is 0 Å². The number of amides is 1. The number of aromatic nitrogens is 1. The number of nitrogens with one attached hydrogen (secondary N) is 2. The summed E-state index contributed by atoms with van der Waals surface area (Å²) in [7, 11) is -2.32. The van der Waals surface area contributed by atoms with E-state index in [-0.39, 0.29) is 17.3 Å². The van der Waals surface area contributed by atoms with Gasteiger partial charge in [-0.1, -0.05) is 34.8 Å². The Kier molecular flexibility index (Phi) is 7.92. The second-order valence-corrected chi connectivity index (χ2v) is 12.3. The van der Waals surface area contributed by atoms with Gasteiger partial charge >= 0.3 is 0 Å². The largest absolute Gasteiger partial charge is 0.495 e. The second-order valence-electron chi connectivity index (χ2n) is 8.26. The van der Waals surface area contributed by atoms with Crippen LogP contribution in [0.15, 0.2) is 47.5 Å². The van der Waals surface area contributed by atoms with E-state index in [1.165, 1.54) is 30.2 Å². The lowest BCUT2D eigenvalue weighted by Crippen LogP contribution is -2.51. The number of sulfonamides is 1. The maximum Gasteiger partial charge on any atom is 0.274 e. The van der Waals surface area contributed by atoms with Crippen LogP contribution in [0.25, 0.3) is 10.9 Å². The number of rotatable bonds is 7. The third kappa shape index (κ3) is 5.84. The molecular formula is C23H24Cl3FN4O4S. The highest BCUT2D eigenvalue weighted by molar-refractivity contribution is 7.89. The van der Waals surface area contributed by atoms with E-state index in [9.17, 15) is 17.6 Å². The topological polar surface area (TPSA) is 94.7 Å². The zero-order valence-electron chi connectivity index (χ0n) is 19.2. The molecule has 4 rings (SSSR count). The number of nitrogens with zero attached hydrogens (tertiary/aromatic N) is 2. The number of anilines is 1. The van der Waals surface area contributed by atoms with Crippen LogP contribution in [0, 0.1) is 5.82 Å². The predicted molar refractivity (Wildman–Crippen MR) is 139 cm³/mol. The summed E-state index contributed by atoms with van der Waals surface area (Å²) >= 11 is 17.1. The summed E-state index contributed by atoms with van der Waals surface area (Å²) in [5.74, 6) is -0.439. The standard InChI is InChI=1S/C23H24Cl3FN4O4S/c1-35-21-5-3-17(13-20(21)30-8-10-31(11-9-30)22(32)23(24,25)26)36(33,34)29-7-6-15-14-28-19-12-16(27)2-4-18(15)19/h2-5,12-14,28-29H,6-11H2,1H3. The maximum atomic E-state index is 13.4. The maximum absolute atomic E-state index is 13.4. The van der Waals surface area contributed by atoms with Gasteiger partial charge in [0.2, 0.25) is 10.0 Å². The fraction of sp³-hybridized carbons (Fsp3) is 0.348. The normalized spacial score (nSPS) is 14.9. The van der Waals surface area contributed by atoms with Gasteiger partial charge in [0, 0.05) is 49.8 Å². The van der Waals surface area contributed by atoms with Crippen molar-refractivity contribution in [1.82, 2.24) is 14.6 Å². The molecule has 2 N–H and O–H groups in total. The molecule has 0 atom stereocenters. The van der Waals surface area contributed by atoms with E-state index in [1.54, 1.807) is 24.4 Å². The molecule has 194 valence electrons. The lowest BCUT2D eigenvalue weighted by atomic mass is 10.1. The average Bonchev–Trinajstić information content (AvgIpc) is 3.24. The molecule has 3 aromatic rings. The molecule has 0 unspecified atom stereocenters. The molecule has 1 aromatic heterocycles. The molecule has 1 aliphatic heterocycles. The first-order valence-electron chi connectivity index (χ1n) is 11.0. The highest BCUT2D eigenvalue weighted by atomic mass is 35.6. The number of fused-ring (bicyclic) bond motifs is 1. The first-order chi connectivity index (χ1) is 17.0. The van der Waals surface area contributed by atoms with Gasteiger partial charge in [-0.25, -0.2) is 17.5 Å². The average molecular weight is 578 g/mol. The van der Waals surface area contributed by atoms with Gasteiger partial charge in [0.15, 0.2) is 0 Å². The Morgan fingerprint density at radius 1 is 1.14 bits per heavy atom. The van der Waals surface area contributed by atoms with Crippen molar-refractivity contribution in [2.24, 2.45) is 0 Å². The molecular weight excluding hydrogens is 554 g/mol. The van der Waals surface area contributed by atoms with Crippen molar-refractivity contribution in [3.8, 4) is 5.75 Å². The summed E-state index contributed by atoms with van der Waals surface area (Å²) in [6, 6.07) is 9.05. The second kappa shape index (κ2) is 10.6. The number of aromatic amines is 1. The van der Waals surface area contributed by atoms with Gasteiger partial charge in [0.1, 0.15) is 11.6 Å². The van der Waals surface area contributed by atoms with E-state index in [1.807, 2.05) is 4.90 Å². The highest BCUT2D eigenvalue weighted by Gasteiger charge is 2.36. The molecule has 1 amide bonds. The number of carbonyl (C=O) groups is 1. The van der Waals surface area contributed by atoms with Gasteiger partial charge in [-0.3, -0.25) is 4.79 Å². The summed E-state index contributed by atoms with van der Waals surface area (Å²) < 4.78 is 45.5. The molecule has 0 bridgehead atoms. The number of carbonyl (C=O) groups excluding carboxylic acids is 1. The van der Waals surface area contributed by atoms with Gasteiger partial charge in [-0.05, 0) is 48.4 Å². The molecule has 13 heteroatoms. The van der Waals surface area contributed by atoms with E-state index in [2.05, 4.69) is 9.71 Å². The number of hydrogen-bond acceptors (Lipinski definition) is 5. The SMILES string of the molecule is COc1ccc(S(=O)(=O)NCCc2c[nH]c3cc(F)ccc23)cc1N1CCN(C(=O)C(Cl)(Cl)Cl)CC1. The van der Waals surface area contributed by atoms with Gasteiger partial charge < -0.3 is 19.5 Å².